The van der Waals surface area contributed by atoms with Crippen molar-refractivity contribution in [2.24, 2.45) is 0 Å². The van der Waals surface area contributed by atoms with Crippen LogP contribution in [0.3, 0.4) is 0 Å². The second-order valence-corrected chi connectivity index (χ2v) is 4.18. The molecule has 1 rings (SSSR count). The molecule has 14 heavy (non-hydrogen) atoms. The molecule has 3 nitrogen and oxygen atoms in total. The quantitative estimate of drug-likeness (QED) is 0.613. The molecule has 1 aromatic rings. The van der Waals surface area contributed by atoms with Gasteiger partial charge in [-0.05, 0) is 13.0 Å². The van der Waals surface area contributed by atoms with E-state index < -0.39 is 5.97 Å². The van der Waals surface area contributed by atoms with Crippen molar-refractivity contribution in [2.75, 3.05) is 6.61 Å². The van der Waals surface area contributed by atoms with Gasteiger partial charge in [0, 0.05) is 6.08 Å². The van der Waals surface area contributed by atoms with Gasteiger partial charge in [0.1, 0.15) is 5.15 Å². The Labute approximate surface area is 95.3 Å². The van der Waals surface area contributed by atoms with Crippen molar-refractivity contribution < 1.29 is 9.53 Å². The lowest BCUT2D eigenvalue weighted by molar-refractivity contribution is -0.137. The van der Waals surface area contributed by atoms with E-state index >= 15 is 0 Å². The molecule has 76 valence electrons. The van der Waals surface area contributed by atoms with Gasteiger partial charge in [0.15, 0.2) is 4.47 Å². The summed E-state index contributed by atoms with van der Waals surface area (Å²) in [5.41, 5.74) is 0. The SMILES string of the molecule is CCOC(=O)C=Cc1sc(Cl)nc1Cl. The highest BCUT2D eigenvalue weighted by Crippen LogP contribution is 2.27. The highest BCUT2D eigenvalue weighted by atomic mass is 35.5. The summed E-state index contributed by atoms with van der Waals surface area (Å²) in [6.45, 7) is 2.09. The summed E-state index contributed by atoms with van der Waals surface area (Å²) < 4.78 is 5.04. The van der Waals surface area contributed by atoms with Gasteiger partial charge >= 0.3 is 5.97 Å². The summed E-state index contributed by atoms with van der Waals surface area (Å²) in [6.07, 6.45) is 2.82. The zero-order chi connectivity index (χ0) is 10.6. The lowest BCUT2D eigenvalue weighted by atomic mass is 10.4. The fraction of sp³-hybridized carbons (Fsp3) is 0.250. The molecule has 0 radical (unpaired) electrons. The van der Waals surface area contributed by atoms with Crippen LogP contribution in [0.1, 0.15) is 11.8 Å². The molecule has 1 heterocycles. The molecule has 1 aromatic heterocycles. The lowest BCUT2D eigenvalue weighted by Gasteiger charge is -1.93. The Kier molecular flexibility index (Phi) is 4.38. The molecule has 0 amide bonds. The second-order valence-electron chi connectivity index (χ2n) is 2.21. The molecule has 0 bridgehead atoms. The molecular formula is C8H7Cl2NO2S. The maximum absolute atomic E-state index is 10.9. The van der Waals surface area contributed by atoms with Crippen LogP contribution in [0, 0.1) is 0 Å². The molecule has 0 aliphatic rings. The smallest absolute Gasteiger partial charge is 0.330 e. The first kappa shape index (κ1) is 11.5. The fourth-order valence-electron chi connectivity index (χ4n) is 0.725. The van der Waals surface area contributed by atoms with E-state index in [4.69, 9.17) is 27.9 Å². The zero-order valence-electron chi connectivity index (χ0n) is 7.29. The number of halogens is 2. The number of carbonyl (C=O) groups excluding carboxylic acids is 1. The molecule has 6 heteroatoms. The molecule has 0 atom stereocenters. The van der Waals surface area contributed by atoms with Crippen LogP contribution < -0.4 is 0 Å². The van der Waals surface area contributed by atoms with E-state index in [1.807, 2.05) is 0 Å². The van der Waals surface area contributed by atoms with E-state index in [0.29, 0.717) is 21.1 Å². The van der Waals surface area contributed by atoms with Crippen LogP contribution in [0.4, 0.5) is 0 Å². The molecule has 0 unspecified atom stereocenters. The summed E-state index contributed by atoms with van der Waals surface area (Å²) in [7, 11) is 0. The predicted octanol–water partition coefficient (Wildman–Crippen LogP) is 3.03. The van der Waals surface area contributed by atoms with Gasteiger partial charge in [0.25, 0.3) is 0 Å². The number of aromatic nitrogens is 1. The topological polar surface area (TPSA) is 39.2 Å². The minimum Gasteiger partial charge on any atom is -0.463 e. The Hall–Kier alpha value is -0.580. The third-order valence-electron chi connectivity index (χ3n) is 1.24. The number of nitrogens with zero attached hydrogens (tertiary/aromatic N) is 1. The van der Waals surface area contributed by atoms with Crippen LogP contribution >= 0.6 is 34.5 Å². The van der Waals surface area contributed by atoms with Gasteiger partial charge < -0.3 is 4.74 Å². The van der Waals surface area contributed by atoms with Gasteiger partial charge in [0.2, 0.25) is 0 Å². The Balaban J connectivity index is 2.68. The summed E-state index contributed by atoms with van der Waals surface area (Å²) in [5, 5.41) is 0.292. The number of hydrogen-bond donors (Lipinski definition) is 0. The second kappa shape index (κ2) is 5.34. The van der Waals surface area contributed by atoms with Crippen molar-refractivity contribution in [2.45, 2.75) is 6.92 Å². The Morgan fingerprint density at radius 3 is 2.86 bits per heavy atom. The van der Waals surface area contributed by atoms with Gasteiger partial charge in [-0.1, -0.05) is 23.2 Å². The Bertz CT molecular complexity index is 362. The van der Waals surface area contributed by atoms with Crippen molar-refractivity contribution in [1.82, 2.24) is 4.98 Å². The summed E-state index contributed by atoms with van der Waals surface area (Å²) in [4.78, 5) is 15.4. The molecule has 0 aliphatic carbocycles. The van der Waals surface area contributed by atoms with Gasteiger partial charge in [0.05, 0.1) is 11.5 Å². The molecule has 0 saturated heterocycles. The number of esters is 1. The van der Waals surface area contributed by atoms with Crippen molar-refractivity contribution in [3.05, 3.63) is 20.6 Å². The number of thiazole rings is 1. The van der Waals surface area contributed by atoms with Crippen molar-refractivity contribution in [3.63, 3.8) is 0 Å². The monoisotopic (exact) mass is 251 g/mol. The highest BCUT2D eigenvalue weighted by Gasteiger charge is 2.04. The number of rotatable bonds is 3. The Morgan fingerprint density at radius 2 is 2.36 bits per heavy atom. The molecule has 0 aliphatic heterocycles. The number of ether oxygens (including phenoxy) is 1. The van der Waals surface area contributed by atoms with Gasteiger partial charge in [-0.15, -0.1) is 11.3 Å². The van der Waals surface area contributed by atoms with E-state index in [0.717, 1.165) is 0 Å². The first-order valence-electron chi connectivity index (χ1n) is 3.80. The summed E-state index contributed by atoms with van der Waals surface area (Å²) in [5.74, 6) is -0.409. The maximum atomic E-state index is 10.9. The van der Waals surface area contributed by atoms with Crippen molar-refractivity contribution in [3.8, 4) is 0 Å². The van der Waals surface area contributed by atoms with Crippen LogP contribution in [0.25, 0.3) is 6.08 Å². The third-order valence-corrected chi connectivity index (χ3v) is 2.77. The van der Waals surface area contributed by atoms with Crippen LogP contribution in [0.15, 0.2) is 6.08 Å². The molecule has 0 N–H and O–H groups in total. The van der Waals surface area contributed by atoms with Gasteiger partial charge in [-0.3, -0.25) is 0 Å². The van der Waals surface area contributed by atoms with Gasteiger partial charge in [-0.2, -0.15) is 0 Å². The Morgan fingerprint density at radius 1 is 1.64 bits per heavy atom. The fourth-order valence-corrected chi connectivity index (χ4v) is 2.00. The molecule has 0 spiro atoms. The molecule has 0 aromatic carbocycles. The van der Waals surface area contributed by atoms with E-state index in [9.17, 15) is 4.79 Å². The van der Waals surface area contributed by atoms with Crippen LogP contribution in [0.5, 0.6) is 0 Å². The average molecular weight is 252 g/mol. The van der Waals surface area contributed by atoms with Crippen LogP contribution in [0.2, 0.25) is 9.62 Å². The predicted molar refractivity (Wildman–Crippen MR) is 57.8 cm³/mol. The van der Waals surface area contributed by atoms with Gasteiger partial charge in [-0.25, -0.2) is 9.78 Å². The minimum atomic E-state index is -0.409. The standard InChI is InChI=1S/C8H7Cl2NO2S/c1-2-13-6(12)4-3-5-7(9)11-8(10)14-5/h3-4H,2H2,1H3. The lowest BCUT2D eigenvalue weighted by Crippen LogP contribution is -1.98. The van der Waals surface area contributed by atoms with Crippen LogP contribution in [-0.4, -0.2) is 17.6 Å². The van der Waals surface area contributed by atoms with Crippen molar-refractivity contribution in [1.29, 1.82) is 0 Å². The molecule has 0 saturated carbocycles. The largest absolute Gasteiger partial charge is 0.463 e. The zero-order valence-corrected chi connectivity index (χ0v) is 9.62. The van der Waals surface area contributed by atoms with Crippen molar-refractivity contribution >= 4 is 46.6 Å². The first-order chi connectivity index (χ1) is 6.63. The molecular weight excluding hydrogens is 245 g/mol. The normalized spacial score (nSPS) is 10.8. The number of carbonyl (C=O) groups is 1. The highest BCUT2D eigenvalue weighted by molar-refractivity contribution is 7.17. The number of hydrogen-bond acceptors (Lipinski definition) is 4. The van der Waals surface area contributed by atoms with E-state index in [1.165, 1.54) is 23.5 Å². The maximum Gasteiger partial charge on any atom is 0.330 e. The van der Waals surface area contributed by atoms with Crippen LogP contribution in [-0.2, 0) is 9.53 Å². The minimum absolute atomic E-state index is 0.292. The summed E-state index contributed by atoms with van der Waals surface area (Å²) in [6, 6.07) is 0. The van der Waals surface area contributed by atoms with E-state index in [-0.39, 0.29) is 0 Å². The van der Waals surface area contributed by atoms with E-state index in [1.54, 1.807) is 6.92 Å². The first-order valence-corrected chi connectivity index (χ1v) is 5.37. The van der Waals surface area contributed by atoms with E-state index in [2.05, 4.69) is 4.98 Å². The third kappa shape index (κ3) is 3.29. The molecule has 0 fully saturated rings. The summed E-state index contributed by atoms with van der Waals surface area (Å²) >= 11 is 12.5. The average Bonchev–Trinajstić information content (AvgIpc) is 2.42.